The van der Waals surface area contributed by atoms with Crippen LogP contribution in [-0.4, -0.2) is 17.6 Å². The van der Waals surface area contributed by atoms with E-state index in [1.807, 2.05) is 12.4 Å². The Morgan fingerprint density at radius 3 is 2.42 bits per heavy atom. The van der Waals surface area contributed by atoms with Crippen LogP contribution < -0.4 is 5.32 Å². The van der Waals surface area contributed by atoms with Gasteiger partial charge in [0.05, 0.1) is 0 Å². The van der Waals surface area contributed by atoms with Crippen molar-refractivity contribution in [2.45, 2.75) is 32.2 Å². The van der Waals surface area contributed by atoms with Crippen LogP contribution in [-0.2, 0) is 12.8 Å². The second-order valence-corrected chi connectivity index (χ2v) is 4.84. The van der Waals surface area contributed by atoms with Crippen LogP contribution in [0.1, 0.15) is 24.5 Å². The molecule has 0 aliphatic carbocycles. The third kappa shape index (κ3) is 4.84. The summed E-state index contributed by atoms with van der Waals surface area (Å²) in [6.07, 6.45) is 7.11. The van der Waals surface area contributed by atoms with Crippen LogP contribution in [0.4, 0.5) is 0 Å². The molecule has 1 N–H and O–H groups in total. The van der Waals surface area contributed by atoms with E-state index in [1.165, 1.54) is 17.5 Å². The fourth-order valence-electron chi connectivity index (χ4n) is 2.35. The lowest BCUT2D eigenvalue weighted by Gasteiger charge is -2.18. The third-order valence-electron chi connectivity index (χ3n) is 3.35. The van der Waals surface area contributed by atoms with E-state index in [0.29, 0.717) is 6.04 Å². The monoisotopic (exact) mass is 254 g/mol. The van der Waals surface area contributed by atoms with Crippen molar-refractivity contribution >= 4 is 0 Å². The minimum atomic E-state index is 0.535. The van der Waals surface area contributed by atoms with Crippen LogP contribution in [0.2, 0.25) is 0 Å². The molecule has 19 heavy (non-hydrogen) atoms. The van der Waals surface area contributed by atoms with Crippen molar-refractivity contribution in [2.24, 2.45) is 0 Å². The molecular formula is C17H22N2. The summed E-state index contributed by atoms with van der Waals surface area (Å²) in [5.41, 5.74) is 2.77. The van der Waals surface area contributed by atoms with Gasteiger partial charge in [0.1, 0.15) is 0 Å². The first-order chi connectivity index (χ1) is 9.38. The average Bonchev–Trinajstić information content (AvgIpc) is 2.47. The molecule has 1 heterocycles. The Hall–Kier alpha value is -1.67. The second-order valence-electron chi connectivity index (χ2n) is 4.84. The number of aromatic nitrogens is 1. The number of aryl methyl sites for hydroxylation is 1. The Bertz CT molecular complexity index is 453. The highest BCUT2D eigenvalue weighted by Gasteiger charge is 2.08. The summed E-state index contributed by atoms with van der Waals surface area (Å²) in [6.45, 7) is 3.19. The van der Waals surface area contributed by atoms with Gasteiger partial charge in [-0.2, -0.15) is 0 Å². The number of likely N-dealkylation sites (N-methyl/N-ethyl adjacent to an activating group) is 1. The number of nitrogens with one attached hydrogen (secondary N) is 1. The number of benzene rings is 1. The van der Waals surface area contributed by atoms with Gasteiger partial charge in [0.25, 0.3) is 0 Å². The molecule has 2 nitrogen and oxygen atoms in total. The van der Waals surface area contributed by atoms with Crippen molar-refractivity contribution in [1.82, 2.24) is 10.3 Å². The molecule has 0 saturated heterocycles. The van der Waals surface area contributed by atoms with Crippen LogP contribution in [0.3, 0.4) is 0 Å². The Morgan fingerprint density at radius 2 is 1.74 bits per heavy atom. The Kier molecular flexibility index (Phi) is 5.57. The van der Waals surface area contributed by atoms with Crippen LogP contribution in [0.5, 0.6) is 0 Å². The van der Waals surface area contributed by atoms with Crippen LogP contribution >= 0.6 is 0 Å². The van der Waals surface area contributed by atoms with Crippen molar-refractivity contribution in [3.8, 4) is 0 Å². The third-order valence-corrected chi connectivity index (χ3v) is 3.35. The lowest BCUT2D eigenvalue weighted by molar-refractivity contribution is 0.491. The summed E-state index contributed by atoms with van der Waals surface area (Å²) in [5.74, 6) is 0. The number of hydrogen-bond donors (Lipinski definition) is 1. The Labute approximate surface area is 115 Å². The first-order valence-electron chi connectivity index (χ1n) is 7.04. The quantitative estimate of drug-likeness (QED) is 0.820. The summed E-state index contributed by atoms with van der Waals surface area (Å²) in [7, 11) is 0. The van der Waals surface area contributed by atoms with Crippen LogP contribution in [0.15, 0.2) is 54.9 Å². The molecule has 100 valence electrons. The molecule has 0 fully saturated rings. The molecule has 1 unspecified atom stereocenters. The zero-order valence-electron chi connectivity index (χ0n) is 11.5. The van der Waals surface area contributed by atoms with Gasteiger partial charge in [-0.05, 0) is 49.1 Å². The Morgan fingerprint density at radius 1 is 1.00 bits per heavy atom. The molecule has 1 atom stereocenters. The summed E-state index contributed by atoms with van der Waals surface area (Å²) < 4.78 is 0. The van der Waals surface area contributed by atoms with Crippen molar-refractivity contribution in [3.63, 3.8) is 0 Å². The van der Waals surface area contributed by atoms with Crippen molar-refractivity contribution < 1.29 is 0 Å². The van der Waals surface area contributed by atoms with E-state index in [0.717, 1.165) is 19.4 Å². The van der Waals surface area contributed by atoms with Crippen LogP contribution in [0, 0.1) is 0 Å². The van der Waals surface area contributed by atoms with E-state index in [2.05, 4.69) is 59.7 Å². The van der Waals surface area contributed by atoms with Gasteiger partial charge < -0.3 is 5.32 Å². The first-order valence-corrected chi connectivity index (χ1v) is 7.04. The topological polar surface area (TPSA) is 24.9 Å². The van der Waals surface area contributed by atoms with E-state index < -0.39 is 0 Å². The SMILES string of the molecule is CCNC(CCc1ccccc1)Cc1ccncc1. The summed E-state index contributed by atoms with van der Waals surface area (Å²) >= 11 is 0. The van der Waals surface area contributed by atoms with Crippen molar-refractivity contribution in [3.05, 3.63) is 66.0 Å². The highest BCUT2D eigenvalue weighted by Crippen LogP contribution is 2.09. The molecule has 2 heteroatoms. The van der Waals surface area contributed by atoms with Crippen LogP contribution in [0.25, 0.3) is 0 Å². The molecule has 0 bridgehead atoms. The Balaban J connectivity index is 1.89. The number of hydrogen-bond acceptors (Lipinski definition) is 2. The zero-order valence-corrected chi connectivity index (χ0v) is 11.5. The molecule has 1 aromatic heterocycles. The van der Waals surface area contributed by atoms with Gasteiger partial charge in [0.2, 0.25) is 0 Å². The standard InChI is InChI=1S/C17H22N2/c1-2-19-17(14-16-10-12-18-13-11-16)9-8-15-6-4-3-5-7-15/h3-7,10-13,17,19H,2,8-9,14H2,1H3. The molecule has 2 aromatic rings. The highest BCUT2D eigenvalue weighted by molar-refractivity contribution is 5.15. The maximum Gasteiger partial charge on any atom is 0.0270 e. The van der Waals surface area contributed by atoms with Crippen molar-refractivity contribution in [2.75, 3.05) is 6.54 Å². The van der Waals surface area contributed by atoms with E-state index >= 15 is 0 Å². The van der Waals surface area contributed by atoms with Gasteiger partial charge in [-0.25, -0.2) is 0 Å². The summed E-state index contributed by atoms with van der Waals surface area (Å²) in [5, 5.41) is 3.58. The smallest absolute Gasteiger partial charge is 0.0270 e. The van der Waals surface area contributed by atoms with Gasteiger partial charge >= 0.3 is 0 Å². The predicted molar refractivity (Wildman–Crippen MR) is 80.2 cm³/mol. The minimum Gasteiger partial charge on any atom is -0.314 e. The maximum absolute atomic E-state index is 4.07. The lowest BCUT2D eigenvalue weighted by atomic mass is 9.99. The number of pyridine rings is 1. The summed E-state index contributed by atoms with van der Waals surface area (Å²) in [4.78, 5) is 4.07. The van der Waals surface area contributed by atoms with E-state index in [4.69, 9.17) is 0 Å². The minimum absolute atomic E-state index is 0.535. The van der Waals surface area contributed by atoms with Gasteiger partial charge in [-0.1, -0.05) is 37.3 Å². The summed E-state index contributed by atoms with van der Waals surface area (Å²) in [6, 6.07) is 15.4. The van der Waals surface area contributed by atoms with Gasteiger partial charge in [0, 0.05) is 18.4 Å². The van der Waals surface area contributed by atoms with E-state index in [-0.39, 0.29) is 0 Å². The fourth-order valence-corrected chi connectivity index (χ4v) is 2.35. The van der Waals surface area contributed by atoms with Crippen molar-refractivity contribution in [1.29, 1.82) is 0 Å². The maximum atomic E-state index is 4.07. The van der Waals surface area contributed by atoms with Gasteiger partial charge in [0.15, 0.2) is 0 Å². The first kappa shape index (κ1) is 13.8. The molecule has 0 aliphatic rings. The lowest BCUT2D eigenvalue weighted by Crippen LogP contribution is -2.31. The number of nitrogens with zero attached hydrogens (tertiary/aromatic N) is 1. The largest absolute Gasteiger partial charge is 0.314 e. The van der Waals surface area contributed by atoms with E-state index in [9.17, 15) is 0 Å². The van der Waals surface area contributed by atoms with E-state index in [1.54, 1.807) is 0 Å². The molecule has 0 amide bonds. The fraction of sp³-hybridized carbons (Fsp3) is 0.353. The second kappa shape index (κ2) is 7.70. The molecule has 1 aromatic carbocycles. The predicted octanol–water partition coefficient (Wildman–Crippen LogP) is 3.24. The average molecular weight is 254 g/mol. The highest BCUT2D eigenvalue weighted by atomic mass is 14.9. The molecule has 0 radical (unpaired) electrons. The molecule has 0 aliphatic heterocycles. The number of rotatable bonds is 7. The molecule has 2 rings (SSSR count). The van der Waals surface area contributed by atoms with Gasteiger partial charge in [-0.15, -0.1) is 0 Å². The normalized spacial score (nSPS) is 12.3. The van der Waals surface area contributed by atoms with Gasteiger partial charge in [-0.3, -0.25) is 4.98 Å². The molecule has 0 saturated carbocycles. The molecule has 0 spiro atoms. The molecular weight excluding hydrogens is 232 g/mol. The zero-order chi connectivity index (χ0) is 13.3.